The number of hydrogen-bond donors (Lipinski definition) is 0. The van der Waals surface area contributed by atoms with Gasteiger partial charge in [-0.05, 0) is 26.8 Å². The van der Waals surface area contributed by atoms with Gasteiger partial charge in [0.2, 0.25) is 6.41 Å². The van der Waals surface area contributed by atoms with Gasteiger partial charge in [-0.3, -0.25) is 4.79 Å². The number of allylic oxidation sites excluding steroid dienone is 4. The summed E-state index contributed by atoms with van der Waals surface area (Å²) in [4.78, 5) is 14.8. The Hall–Kier alpha value is -1.51. The maximum atomic E-state index is 11.1. The molecule has 3 heteroatoms. The normalized spacial score (nSPS) is 12.6. The third-order valence-electron chi connectivity index (χ3n) is 2.38. The summed E-state index contributed by atoms with van der Waals surface area (Å²) in [6.45, 7) is 9.60. The van der Waals surface area contributed by atoms with Crippen LogP contribution < -0.4 is 0 Å². The fourth-order valence-corrected chi connectivity index (χ4v) is 1.24. The Kier molecular flexibility index (Phi) is 6.23. The van der Waals surface area contributed by atoms with Gasteiger partial charge in [0.1, 0.15) is 0 Å². The van der Waals surface area contributed by atoms with Gasteiger partial charge in [0.05, 0.1) is 5.70 Å². The van der Waals surface area contributed by atoms with E-state index in [-0.39, 0.29) is 6.04 Å². The highest BCUT2D eigenvalue weighted by Crippen LogP contribution is 2.15. The van der Waals surface area contributed by atoms with Crippen molar-refractivity contribution in [3.63, 3.8) is 0 Å². The number of rotatable bonds is 6. The van der Waals surface area contributed by atoms with E-state index in [9.17, 15) is 4.79 Å². The molecule has 90 valence electrons. The lowest BCUT2D eigenvalue weighted by atomic mass is 10.2. The maximum absolute atomic E-state index is 11.1. The van der Waals surface area contributed by atoms with Gasteiger partial charge in [0.25, 0.3) is 0 Å². The summed E-state index contributed by atoms with van der Waals surface area (Å²) in [7, 11) is 3.92. The van der Waals surface area contributed by atoms with Crippen molar-refractivity contribution in [2.24, 2.45) is 0 Å². The van der Waals surface area contributed by atoms with Gasteiger partial charge in [0, 0.05) is 25.8 Å². The van der Waals surface area contributed by atoms with E-state index in [1.165, 1.54) is 0 Å². The minimum absolute atomic E-state index is 0.136. The van der Waals surface area contributed by atoms with Crippen molar-refractivity contribution in [2.75, 3.05) is 14.1 Å². The molecule has 0 saturated heterocycles. The highest BCUT2D eigenvalue weighted by Gasteiger charge is 2.13. The molecule has 0 N–H and O–H groups in total. The monoisotopic (exact) mass is 222 g/mol. The van der Waals surface area contributed by atoms with Crippen LogP contribution in [0.25, 0.3) is 0 Å². The molecule has 0 atom stereocenters. The van der Waals surface area contributed by atoms with E-state index in [0.717, 1.165) is 17.8 Å². The Morgan fingerprint density at radius 3 is 2.19 bits per heavy atom. The first-order valence-corrected chi connectivity index (χ1v) is 5.36. The molecule has 0 fully saturated rings. The van der Waals surface area contributed by atoms with Gasteiger partial charge in [-0.1, -0.05) is 18.7 Å². The van der Waals surface area contributed by atoms with Crippen LogP contribution in [0.1, 0.15) is 20.8 Å². The predicted octanol–water partition coefficient (Wildman–Crippen LogP) is 2.39. The first-order chi connectivity index (χ1) is 7.45. The molecule has 16 heavy (non-hydrogen) atoms. The number of carbonyl (C=O) groups excluding carboxylic acids is 1. The highest BCUT2D eigenvalue weighted by molar-refractivity contribution is 5.54. The lowest BCUT2D eigenvalue weighted by Gasteiger charge is -2.27. The zero-order valence-electron chi connectivity index (χ0n) is 10.9. The molecule has 0 aromatic heterocycles. The molecule has 0 bridgehead atoms. The van der Waals surface area contributed by atoms with E-state index in [1.807, 2.05) is 51.9 Å². The number of amides is 1. The Morgan fingerprint density at radius 2 is 1.88 bits per heavy atom. The van der Waals surface area contributed by atoms with E-state index >= 15 is 0 Å². The van der Waals surface area contributed by atoms with Crippen molar-refractivity contribution in [3.05, 3.63) is 36.2 Å². The fourth-order valence-electron chi connectivity index (χ4n) is 1.24. The van der Waals surface area contributed by atoms with Crippen molar-refractivity contribution >= 4 is 6.41 Å². The van der Waals surface area contributed by atoms with E-state index in [2.05, 4.69) is 6.58 Å². The Labute approximate surface area is 98.7 Å². The Balaban J connectivity index is 5.38. The molecule has 0 aliphatic carbocycles. The summed E-state index contributed by atoms with van der Waals surface area (Å²) in [6.07, 6.45) is 6.30. The number of hydrogen-bond acceptors (Lipinski definition) is 2. The first kappa shape index (κ1) is 14.5. The van der Waals surface area contributed by atoms with Gasteiger partial charge in [-0.25, -0.2) is 0 Å². The van der Waals surface area contributed by atoms with Crippen LogP contribution in [0.15, 0.2) is 36.2 Å². The molecule has 0 aliphatic heterocycles. The van der Waals surface area contributed by atoms with Crippen LogP contribution in [0.3, 0.4) is 0 Å². The van der Waals surface area contributed by atoms with Gasteiger partial charge in [0.15, 0.2) is 0 Å². The SMILES string of the molecule is C=C/C=C\C(=C(/C)N(C)C)N(C=O)C(C)C. The van der Waals surface area contributed by atoms with Crippen LogP contribution in [0.4, 0.5) is 0 Å². The van der Waals surface area contributed by atoms with Crippen LogP contribution in [0.2, 0.25) is 0 Å². The third kappa shape index (κ3) is 3.93. The quantitative estimate of drug-likeness (QED) is 0.509. The summed E-state index contributed by atoms with van der Waals surface area (Å²) < 4.78 is 0. The molecule has 1 amide bonds. The van der Waals surface area contributed by atoms with Crippen LogP contribution in [-0.4, -0.2) is 36.3 Å². The van der Waals surface area contributed by atoms with E-state index < -0.39 is 0 Å². The van der Waals surface area contributed by atoms with E-state index in [0.29, 0.717) is 0 Å². The minimum Gasteiger partial charge on any atom is -0.380 e. The molecule has 0 radical (unpaired) electrons. The molecule has 0 spiro atoms. The second-order valence-electron chi connectivity index (χ2n) is 4.07. The molecule has 0 aliphatic rings. The van der Waals surface area contributed by atoms with Crippen molar-refractivity contribution in [3.8, 4) is 0 Å². The van der Waals surface area contributed by atoms with Gasteiger partial charge >= 0.3 is 0 Å². The zero-order chi connectivity index (χ0) is 12.7. The molecule has 0 heterocycles. The van der Waals surface area contributed by atoms with Crippen molar-refractivity contribution in [2.45, 2.75) is 26.8 Å². The summed E-state index contributed by atoms with van der Waals surface area (Å²) in [5.41, 5.74) is 1.94. The van der Waals surface area contributed by atoms with Crippen molar-refractivity contribution in [1.82, 2.24) is 9.80 Å². The van der Waals surface area contributed by atoms with Crippen LogP contribution >= 0.6 is 0 Å². The number of carbonyl (C=O) groups is 1. The lowest BCUT2D eigenvalue weighted by Crippen LogP contribution is -2.30. The molecule has 0 aromatic carbocycles. The minimum atomic E-state index is 0.136. The molecule has 0 rings (SSSR count). The van der Waals surface area contributed by atoms with Crippen LogP contribution in [0.5, 0.6) is 0 Å². The van der Waals surface area contributed by atoms with E-state index in [1.54, 1.807) is 11.0 Å². The smallest absolute Gasteiger partial charge is 0.214 e. The average molecular weight is 222 g/mol. The summed E-state index contributed by atoms with van der Waals surface area (Å²) >= 11 is 0. The molecule has 0 aromatic rings. The third-order valence-corrected chi connectivity index (χ3v) is 2.38. The van der Waals surface area contributed by atoms with Crippen LogP contribution in [-0.2, 0) is 4.79 Å². The maximum Gasteiger partial charge on any atom is 0.214 e. The first-order valence-electron chi connectivity index (χ1n) is 5.36. The second kappa shape index (κ2) is 6.88. The largest absolute Gasteiger partial charge is 0.380 e. The summed E-state index contributed by atoms with van der Waals surface area (Å²) in [5.74, 6) is 0. The van der Waals surface area contributed by atoms with Gasteiger partial charge in [-0.15, -0.1) is 0 Å². The van der Waals surface area contributed by atoms with Gasteiger partial charge in [-0.2, -0.15) is 0 Å². The predicted molar refractivity (Wildman–Crippen MR) is 68.8 cm³/mol. The lowest BCUT2D eigenvalue weighted by molar-refractivity contribution is -0.117. The molecular formula is C13H22N2O. The number of nitrogens with zero attached hydrogens (tertiary/aromatic N) is 2. The standard InChI is InChI=1S/C13H22N2O/c1-7-8-9-13(12(4)14(5)6)15(10-16)11(2)3/h7-11H,1H2,2-6H3/b9-8-,13-12-. The van der Waals surface area contributed by atoms with Crippen molar-refractivity contribution in [1.29, 1.82) is 0 Å². The Morgan fingerprint density at radius 1 is 1.31 bits per heavy atom. The molecule has 0 unspecified atom stereocenters. The second-order valence-corrected chi connectivity index (χ2v) is 4.07. The highest BCUT2D eigenvalue weighted by atomic mass is 16.1. The molecular weight excluding hydrogens is 200 g/mol. The topological polar surface area (TPSA) is 23.6 Å². The van der Waals surface area contributed by atoms with Crippen molar-refractivity contribution < 1.29 is 4.79 Å². The molecule has 0 saturated carbocycles. The summed E-state index contributed by atoms with van der Waals surface area (Å²) in [6, 6.07) is 0.136. The van der Waals surface area contributed by atoms with Crippen LogP contribution in [0, 0.1) is 0 Å². The zero-order valence-corrected chi connectivity index (χ0v) is 10.9. The van der Waals surface area contributed by atoms with Gasteiger partial charge < -0.3 is 9.80 Å². The molecule has 3 nitrogen and oxygen atoms in total. The fraction of sp³-hybridized carbons (Fsp3) is 0.462. The Bertz CT molecular complexity index is 301. The summed E-state index contributed by atoms with van der Waals surface area (Å²) in [5, 5.41) is 0. The van der Waals surface area contributed by atoms with E-state index in [4.69, 9.17) is 0 Å². The average Bonchev–Trinajstić information content (AvgIpc) is 2.22.